The van der Waals surface area contributed by atoms with Gasteiger partial charge in [-0.3, -0.25) is 9.59 Å². The minimum atomic E-state index is -0.317. The van der Waals surface area contributed by atoms with Crippen LogP contribution in [-0.4, -0.2) is 42.3 Å². The Morgan fingerprint density at radius 2 is 2.08 bits per heavy atom. The molecule has 2 heterocycles. The third-order valence-corrected chi connectivity index (χ3v) is 5.02. The molecule has 0 saturated carbocycles. The molecule has 0 radical (unpaired) electrons. The van der Waals surface area contributed by atoms with Gasteiger partial charge < -0.3 is 19.0 Å². The predicted octanol–water partition coefficient (Wildman–Crippen LogP) is 2.86. The predicted molar refractivity (Wildman–Crippen MR) is 96.4 cm³/mol. The van der Waals surface area contributed by atoms with E-state index in [1.807, 2.05) is 37.3 Å². The molecule has 6 nitrogen and oxygen atoms in total. The van der Waals surface area contributed by atoms with Crippen LogP contribution in [0.3, 0.4) is 0 Å². The molecule has 3 rings (SSSR count). The number of likely N-dealkylation sites (tertiary alicyclic amines) is 1. The second-order valence-electron chi connectivity index (χ2n) is 6.65. The van der Waals surface area contributed by atoms with Gasteiger partial charge in [0, 0.05) is 20.0 Å². The van der Waals surface area contributed by atoms with E-state index in [4.69, 9.17) is 9.15 Å². The zero-order valence-electron chi connectivity index (χ0n) is 15.3. The number of carbonyl (C=O) groups excluding carboxylic acids is 2. The molecule has 1 aliphatic heterocycles. The van der Waals surface area contributed by atoms with E-state index in [1.165, 1.54) is 0 Å². The molecule has 2 amide bonds. The lowest BCUT2D eigenvalue weighted by molar-refractivity contribution is -0.136. The van der Waals surface area contributed by atoms with Crippen molar-refractivity contribution in [1.29, 1.82) is 0 Å². The molecular formula is C20H24N2O4. The van der Waals surface area contributed by atoms with Gasteiger partial charge in [0.2, 0.25) is 11.8 Å². The summed E-state index contributed by atoms with van der Waals surface area (Å²) in [5, 5.41) is 0. The van der Waals surface area contributed by atoms with E-state index in [0.717, 1.165) is 17.1 Å². The largest absolute Gasteiger partial charge is 0.497 e. The van der Waals surface area contributed by atoms with Crippen LogP contribution >= 0.6 is 0 Å². The number of rotatable bonds is 6. The molecule has 1 aromatic carbocycles. The number of methoxy groups -OCH3 is 1. The number of benzene rings is 1. The summed E-state index contributed by atoms with van der Waals surface area (Å²) < 4.78 is 10.5. The van der Waals surface area contributed by atoms with Gasteiger partial charge in [0.1, 0.15) is 11.5 Å². The van der Waals surface area contributed by atoms with Crippen LogP contribution in [0.25, 0.3) is 0 Å². The Balaban J connectivity index is 1.63. The molecule has 26 heavy (non-hydrogen) atoms. The van der Waals surface area contributed by atoms with Gasteiger partial charge in [0.05, 0.1) is 31.9 Å². The summed E-state index contributed by atoms with van der Waals surface area (Å²) in [6.07, 6.45) is 1.84. The molecule has 1 aromatic heterocycles. The Kier molecular flexibility index (Phi) is 5.30. The quantitative estimate of drug-likeness (QED) is 0.798. The lowest BCUT2D eigenvalue weighted by atomic mass is 10.0. The van der Waals surface area contributed by atoms with Crippen molar-refractivity contribution in [2.24, 2.45) is 5.92 Å². The molecule has 0 aliphatic carbocycles. The number of carbonyl (C=O) groups is 2. The molecule has 1 saturated heterocycles. The Morgan fingerprint density at radius 1 is 1.35 bits per heavy atom. The van der Waals surface area contributed by atoms with Crippen LogP contribution < -0.4 is 4.74 Å². The van der Waals surface area contributed by atoms with E-state index in [9.17, 15) is 9.59 Å². The summed E-state index contributed by atoms with van der Waals surface area (Å²) in [5.41, 5.74) is 1.03. The molecule has 138 valence electrons. The topological polar surface area (TPSA) is 63.0 Å². The van der Waals surface area contributed by atoms with Gasteiger partial charge in [-0.1, -0.05) is 12.1 Å². The number of amides is 2. The van der Waals surface area contributed by atoms with Gasteiger partial charge in [-0.2, -0.15) is 0 Å². The minimum absolute atomic E-state index is 0.00903. The fourth-order valence-corrected chi connectivity index (χ4v) is 3.27. The average molecular weight is 356 g/mol. The molecular weight excluding hydrogens is 332 g/mol. The van der Waals surface area contributed by atoms with Crippen LogP contribution in [0.5, 0.6) is 5.75 Å². The van der Waals surface area contributed by atoms with E-state index >= 15 is 0 Å². The first-order chi connectivity index (χ1) is 12.5. The highest BCUT2D eigenvalue weighted by Gasteiger charge is 2.37. The molecule has 0 spiro atoms. The van der Waals surface area contributed by atoms with Crippen molar-refractivity contribution in [3.8, 4) is 5.75 Å². The molecule has 2 unspecified atom stereocenters. The van der Waals surface area contributed by atoms with Crippen molar-refractivity contribution in [1.82, 2.24) is 9.80 Å². The monoisotopic (exact) mass is 356 g/mol. The highest BCUT2D eigenvalue weighted by Crippen LogP contribution is 2.27. The summed E-state index contributed by atoms with van der Waals surface area (Å²) in [7, 11) is 3.41. The summed E-state index contributed by atoms with van der Waals surface area (Å²) in [6, 6.07) is 11.2. The number of ether oxygens (including phenoxy) is 1. The third-order valence-electron chi connectivity index (χ3n) is 5.02. The zero-order chi connectivity index (χ0) is 18.7. The Hall–Kier alpha value is -2.76. The lowest BCUT2D eigenvalue weighted by Crippen LogP contribution is -2.36. The van der Waals surface area contributed by atoms with Crippen molar-refractivity contribution < 1.29 is 18.7 Å². The van der Waals surface area contributed by atoms with Gasteiger partial charge in [-0.05, 0) is 36.8 Å². The first kappa shape index (κ1) is 18.0. The standard InChI is InChI=1S/C20H24N2O4/c1-14(15-6-8-17(25-3)9-7-15)21(2)20(24)16-11-19(23)22(12-16)13-18-5-4-10-26-18/h4-10,14,16H,11-13H2,1-3H3. The SMILES string of the molecule is COc1ccc(C(C)N(C)C(=O)C2CC(=O)N(Cc3ccco3)C2)cc1. The van der Waals surface area contributed by atoms with E-state index in [1.54, 1.807) is 36.3 Å². The normalized spacial score (nSPS) is 18.0. The van der Waals surface area contributed by atoms with Crippen LogP contribution in [0, 0.1) is 5.92 Å². The maximum atomic E-state index is 12.9. The molecule has 2 aromatic rings. The van der Waals surface area contributed by atoms with Crippen molar-refractivity contribution in [2.45, 2.75) is 25.9 Å². The summed E-state index contributed by atoms with van der Waals surface area (Å²) in [4.78, 5) is 28.5. The smallest absolute Gasteiger partial charge is 0.228 e. The molecule has 0 N–H and O–H groups in total. The molecule has 6 heteroatoms. The van der Waals surface area contributed by atoms with Crippen LogP contribution in [0.15, 0.2) is 47.1 Å². The van der Waals surface area contributed by atoms with Crippen LogP contribution in [0.1, 0.15) is 30.7 Å². The van der Waals surface area contributed by atoms with Crippen molar-refractivity contribution in [3.05, 3.63) is 54.0 Å². The number of hydrogen-bond donors (Lipinski definition) is 0. The number of furan rings is 1. The van der Waals surface area contributed by atoms with Gasteiger partial charge in [-0.25, -0.2) is 0 Å². The van der Waals surface area contributed by atoms with Crippen molar-refractivity contribution in [3.63, 3.8) is 0 Å². The lowest BCUT2D eigenvalue weighted by Gasteiger charge is -2.28. The van der Waals surface area contributed by atoms with E-state index in [-0.39, 0.29) is 30.2 Å². The second-order valence-corrected chi connectivity index (χ2v) is 6.65. The first-order valence-electron chi connectivity index (χ1n) is 8.70. The fraction of sp³-hybridized carbons (Fsp3) is 0.400. The summed E-state index contributed by atoms with van der Waals surface area (Å²) in [5.74, 6) is 1.17. The highest BCUT2D eigenvalue weighted by atomic mass is 16.5. The second kappa shape index (κ2) is 7.64. The summed E-state index contributed by atoms with van der Waals surface area (Å²) >= 11 is 0. The number of hydrogen-bond acceptors (Lipinski definition) is 4. The minimum Gasteiger partial charge on any atom is -0.497 e. The van der Waals surface area contributed by atoms with Gasteiger partial charge in [-0.15, -0.1) is 0 Å². The maximum absolute atomic E-state index is 12.9. The van der Waals surface area contributed by atoms with E-state index in [0.29, 0.717) is 13.1 Å². The molecule has 0 bridgehead atoms. The average Bonchev–Trinajstić information content (AvgIpc) is 3.30. The highest BCUT2D eigenvalue weighted by molar-refractivity contribution is 5.89. The van der Waals surface area contributed by atoms with Crippen LogP contribution in [-0.2, 0) is 16.1 Å². The molecule has 1 aliphatic rings. The van der Waals surface area contributed by atoms with Crippen molar-refractivity contribution >= 4 is 11.8 Å². The first-order valence-corrected chi connectivity index (χ1v) is 8.70. The van der Waals surface area contributed by atoms with Crippen molar-refractivity contribution in [2.75, 3.05) is 20.7 Å². The fourth-order valence-electron chi connectivity index (χ4n) is 3.27. The van der Waals surface area contributed by atoms with Gasteiger partial charge in [0.25, 0.3) is 0 Å². The van der Waals surface area contributed by atoms with Gasteiger partial charge >= 0.3 is 0 Å². The van der Waals surface area contributed by atoms with E-state index < -0.39 is 0 Å². The molecule has 2 atom stereocenters. The maximum Gasteiger partial charge on any atom is 0.228 e. The molecule has 1 fully saturated rings. The Labute approximate surface area is 153 Å². The van der Waals surface area contributed by atoms with Crippen LogP contribution in [0.4, 0.5) is 0 Å². The van der Waals surface area contributed by atoms with E-state index in [2.05, 4.69) is 0 Å². The Morgan fingerprint density at radius 3 is 2.69 bits per heavy atom. The zero-order valence-corrected chi connectivity index (χ0v) is 15.3. The summed E-state index contributed by atoms with van der Waals surface area (Å²) in [6.45, 7) is 2.82. The van der Waals surface area contributed by atoms with Gasteiger partial charge in [0.15, 0.2) is 0 Å². The number of nitrogens with zero attached hydrogens (tertiary/aromatic N) is 2. The Bertz CT molecular complexity index is 755. The third kappa shape index (κ3) is 3.74. The van der Waals surface area contributed by atoms with Crippen LogP contribution in [0.2, 0.25) is 0 Å².